The molecule has 5 atom stereocenters. The molecule has 0 heterocycles. The van der Waals surface area contributed by atoms with E-state index in [1.165, 1.54) is 0 Å². The fraction of sp³-hybridized carbons (Fsp3) is 0.171. The van der Waals surface area contributed by atoms with Crippen molar-refractivity contribution in [3.63, 3.8) is 0 Å². The number of nitrogens with zero attached hydrogens (tertiary/aromatic N) is 1. The highest BCUT2D eigenvalue weighted by molar-refractivity contribution is 9.10. The smallest absolute Gasteiger partial charge is 0.226 e. The summed E-state index contributed by atoms with van der Waals surface area (Å²) in [4.78, 5) is 27.0. The Labute approximate surface area is 262 Å². The van der Waals surface area contributed by atoms with E-state index in [1.54, 1.807) is 42.5 Å². The molecule has 7 heteroatoms. The highest BCUT2D eigenvalue weighted by atomic mass is 79.9. The van der Waals surface area contributed by atoms with E-state index in [4.69, 9.17) is 0 Å². The first-order valence-corrected chi connectivity index (χ1v) is 15.2. The molecule has 1 saturated carbocycles. The van der Waals surface area contributed by atoms with Crippen molar-refractivity contribution < 1.29 is 14.8 Å². The number of nitro groups is 1. The predicted octanol–water partition coefficient (Wildman–Crippen LogP) is 8.61. The van der Waals surface area contributed by atoms with Gasteiger partial charge in [0.15, 0.2) is 5.78 Å². The second kappa shape index (κ2) is 13.1. The number of Topliss-reactive ketones (excluding diaryl/α,β-unsaturated/α-hetero) is 1. The van der Waals surface area contributed by atoms with Gasteiger partial charge in [0, 0.05) is 25.4 Å². The second-order valence-electron chi connectivity index (χ2n) is 10.5. The van der Waals surface area contributed by atoms with Crippen LogP contribution in [-0.4, -0.2) is 21.9 Å². The van der Waals surface area contributed by atoms with Crippen LogP contribution in [-0.2, 0) is 5.60 Å². The molecular weight excluding hydrogens is 658 g/mol. The molecule has 0 radical (unpaired) electrons. The van der Waals surface area contributed by atoms with Crippen molar-refractivity contribution in [3.05, 3.63) is 163 Å². The van der Waals surface area contributed by atoms with E-state index in [-0.39, 0.29) is 17.1 Å². The van der Waals surface area contributed by atoms with Gasteiger partial charge in [0.2, 0.25) is 6.04 Å². The van der Waals surface area contributed by atoms with E-state index in [0.29, 0.717) is 11.1 Å². The lowest BCUT2D eigenvalue weighted by Gasteiger charge is -2.47. The average Bonchev–Trinajstić information content (AvgIpc) is 3.00. The minimum Gasteiger partial charge on any atom is -0.384 e. The highest BCUT2D eigenvalue weighted by Gasteiger charge is 2.59. The number of carbonyl (C=O) groups excluding carboxylic acids is 1. The van der Waals surface area contributed by atoms with Crippen LogP contribution in [0.4, 0.5) is 0 Å². The molecule has 212 valence electrons. The Morgan fingerprint density at radius 3 is 1.81 bits per heavy atom. The molecular formula is C35H29Br2NO4. The standard InChI is InChI=1S/C35H29Br2NO4/c36-29-18-14-26(15-19-29)34(39)32-31(22-12-25-9-5-2-6-10-25)33(38(41)42)27(13-11-24-7-3-1-4-8-24)23-35(32,40)28-16-20-30(37)21-17-28/h1-22,27,31-33,40H,23H2/b13-11+,22-12+/t27-,31+,32-,33+,35+/m1/s1. The quantitative estimate of drug-likeness (QED) is 0.114. The maximum atomic E-state index is 14.4. The molecule has 5 rings (SSSR count). The fourth-order valence-electron chi connectivity index (χ4n) is 5.92. The van der Waals surface area contributed by atoms with Gasteiger partial charge in [-0.2, -0.15) is 0 Å². The van der Waals surface area contributed by atoms with Crippen molar-refractivity contribution in [2.75, 3.05) is 0 Å². The summed E-state index contributed by atoms with van der Waals surface area (Å²) in [6, 6.07) is 32.0. The molecule has 0 bridgehead atoms. The molecule has 4 aromatic rings. The lowest BCUT2D eigenvalue weighted by atomic mass is 9.58. The summed E-state index contributed by atoms with van der Waals surface area (Å²) in [7, 11) is 0. The minimum absolute atomic E-state index is 0.00617. The minimum atomic E-state index is -1.69. The Morgan fingerprint density at radius 1 is 0.786 bits per heavy atom. The van der Waals surface area contributed by atoms with Crippen molar-refractivity contribution in [2.24, 2.45) is 17.8 Å². The van der Waals surface area contributed by atoms with Gasteiger partial charge in [0.25, 0.3) is 0 Å². The Bertz CT molecular complexity index is 1590. The van der Waals surface area contributed by atoms with Crippen LogP contribution in [0.1, 0.15) is 33.5 Å². The number of rotatable bonds is 8. The lowest BCUT2D eigenvalue weighted by molar-refractivity contribution is -0.544. The molecule has 0 saturated heterocycles. The summed E-state index contributed by atoms with van der Waals surface area (Å²) in [5, 5.41) is 25.6. The SMILES string of the molecule is O=C(c1ccc(Br)cc1)[C@H]1[C@H](/C=C/c2ccccc2)[C@@H]([N+](=O)[O-])[C@H](/C=C/c2ccccc2)C[C@]1(O)c1ccc(Br)cc1. The maximum absolute atomic E-state index is 14.4. The summed E-state index contributed by atoms with van der Waals surface area (Å²) < 4.78 is 1.63. The first-order chi connectivity index (χ1) is 20.3. The van der Waals surface area contributed by atoms with Crippen LogP contribution in [0.3, 0.4) is 0 Å². The molecule has 42 heavy (non-hydrogen) atoms. The van der Waals surface area contributed by atoms with Crippen molar-refractivity contribution in [1.82, 2.24) is 0 Å². The van der Waals surface area contributed by atoms with Crippen molar-refractivity contribution in [3.8, 4) is 0 Å². The molecule has 1 aliphatic rings. The van der Waals surface area contributed by atoms with E-state index < -0.39 is 29.4 Å². The topological polar surface area (TPSA) is 80.4 Å². The van der Waals surface area contributed by atoms with E-state index >= 15 is 0 Å². The molecule has 1 N–H and O–H groups in total. The zero-order valence-corrected chi connectivity index (χ0v) is 25.8. The van der Waals surface area contributed by atoms with Gasteiger partial charge in [-0.25, -0.2) is 0 Å². The number of aliphatic hydroxyl groups is 1. The molecule has 0 unspecified atom stereocenters. The van der Waals surface area contributed by atoms with Crippen molar-refractivity contribution >= 4 is 49.8 Å². The van der Waals surface area contributed by atoms with E-state index in [0.717, 1.165) is 20.1 Å². The van der Waals surface area contributed by atoms with Gasteiger partial charge in [-0.1, -0.05) is 141 Å². The maximum Gasteiger partial charge on any atom is 0.226 e. The van der Waals surface area contributed by atoms with Gasteiger partial charge >= 0.3 is 0 Å². The van der Waals surface area contributed by atoms with Crippen LogP contribution in [0.5, 0.6) is 0 Å². The van der Waals surface area contributed by atoms with Gasteiger partial charge in [-0.05, 0) is 47.4 Å². The highest BCUT2D eigenvalue weighted by Crippen LogP contribution is 2.51. The molecule has 5 nitrogen and oxygen atoms in total. The zero-order chi connectivity index (χ0) is 29.7. The summed E-state index contributed by atoms with van der Waals surface area (Å²) in [6.07, 6.45) is 7.24. The predicted molar refractivity (Wildman–Crippen MR) is 173 cm³/mol. The molecule has 0 spiro atoms. The van der Waals surface area contributed by atoms with Crippen LogP contribution < -0.4 is 0 Å². The Hall–Kier alpha value is -3.65. The molecule has 0 aromatic heterocycles. The molecule has 0 aliphatic heterocycles. The van der Waals surface area contributed by atoms with Gasteiger partial charge < -0.3 is 5.11 Å². The van der Waals surface area contributed by atoms with Crippen LogP contribution in [0.15, 0.2) is 130 Å². The first kappa shape index (κ1) is 29.8. The number of hydrogen-bond donors (Lipinski definition) is 1. The molecule has 4 aromatic carbocycles. The monoisotopic (exact) mass is 685 g/mol. The lowest BCUT2D eigenvalue weighted by Crippen LogP contribution is -2.56. The Kier molecular flexibility index (Phi) is 9.31. The van der Waals surface area contributed by atoms with Gasteiger partial charge in [-0.15, -0.1) is 0 Å². The van der Waals surface area contributed by atoms with Gasteiger partial charge in [-0.3, -0.25) is 14.9 Å². The molecule has 0 amide bonds. The third kappa shape index (κ3) is 6.54. The summed E-state index contributed by atoms with van der Waals surface area (Å²) in [6.45, 7) is 0. The van der Waals surface area contributed by atoms with Crippen molar-refractivity contribution in [1.29, 1.82) is 0 Å². The van der Waals surface area contributed by atoms with E-state index in [2.05, 4.69) is 31.9 Å². The number of benzene rings is 4. The average molecular weight is 687 g/mol. The molecule has 1 fully saturated rings. The Balaban J connectivity index is 1.70. The van der Waals surface area contributed by atoms with E-state index in [9.17, 15) is 20.0 Å². The van der Waals surface area contributed by atoms with Gasteiger partial charge in [0.1, 0.15) is 5.60 Å². The molecule has 1 aliphatic carbocycles. The second-order valence-corrected chi connectivity index (χ2v) is 12.4. The van der Waals surface area contributed by atoms with Crippen LogP contribution in [0.25, 0.3) is 12.2 Å². The summed E-state index contributed by atoms with van der Waals surface area (Å²) in [5.41, 5.74) is 0.991. The Morgan fingerprint density at radius 2 is 1.29 bits per heavy atom. The number of carbonyl (C=O) groups is 1. The zero-order valence-electron chi connectivity index (χ0n) is 22.6. The fourth-order valence-corrected chi connectivity index (χ4v) is 6.45. The first-order valence-electron chi connectivity index (χ1n) is 13.6. The van der Waals surface area contributed by atoms with Crippen LogP contribution >= 0.6 is 31.9 Å². The van der Waals surface area contributed by atoms with E-state index in [1.807, 2.05) is 91.0 Å². The normalized spacial score (nSPS) is 24.2. The largest absolute Gasteiger partial charge is 0.384 e. The van der Waals surface area contributed by atoms with Gasteiger partial charge in [0.05, 0.1) is 11.8 Å². The van der Waals surface area contributed by atoms with Crippen LogP contribution in [0.2, 0.25) is 0 Å². The number of hydrogen-bond acceptors (Lipinski definition) is 4. The van der Waals surface area contributed by atoms with Crippen molar-refractivity contribution in [2.45, 2.75) is 18.1 Å². The van der Waals surface area contributed by atoms with Crippen LogP contribution in [0, 0.1) is 27.9 Å². The number of halogens is 2. The summed E-state index contributed by atoms with van der Waals surface area (Å²) >= 11 is 6.88. The third-order valence-electron chi connectivity index (χ3n) is 7.92. The number of ketones is 1. The third-order valence-corrected chi connectivity index (χ3v) is 8.98. The summed E-state index contributed by atoms with van der Waals surface area (Å²) in [5.74, 6) is -3.03.